The van der Waals surface area contributed by atoms with Crippen LogP contribution in [0.5, 0.6) is 5.88 Å². The molecule has 0 aliphatic carbocycles. The minimum absolute atomic E-state index is 0.0296. The molecule has 0 radical (unpaired) electrons. The molecular formula is C17H15F3N2O2. The second kappa shape index (κ2) is 6.51. The maximum atomic E-state index is 12.6. The highest BCUT2D eigenvalue weighted by molar-refractivity contribution is 5.79. The molecule has 0 spiro atoms. The highest BCUT2D eigenvalue weighted by Gasteiger charge is 2.35. The second-order valence-electron chi connectivity index (χ2n) is 5.56. The van der Waals surface area contributed by atoms with E-state index < -0.39 is 11.9 Å². The van der Waals surface area contributed by atoms with E-state index in [0.29, 0.717) is 19.5 Å². The molecule has 1 fully saturated rings. The second-order valence-corrected chi connectivity index (χ2v) is 5.56. The molecule has 7 heteroatoms. The third-order valence-corrected chi connectivity index (χ3v) is 3.70. The third-order valence-electron chi connectivity index (χ3n) is 3.70. The summed E-state index contributed by atoms with van der Waals surface area (Å²) in [6.45, 7) is 0.702. The fraction of sp³-hybridized carbons (Fsp3) is 0.294. The quantitative estimate of drug-likeness (QED) is 0.862. The van der Waals surface area contributed by atoms with Gasteiger partial charge < -0.3 is 9.64 Å². The number of hydrogen-bond donors (Lipinski definition) is 0. The molecule has 2 aromatic rings. The summed E-state index contributed by atoms with van der Waals surface area (Å²) in [4.78, 5) is 17.2. The van der Waals surface area contributed by atoms with Gasteiger partial charge in [0.2, 0.25) is 11.8 Å². The first-order valence-electron chi connectivity index (χ1n) is 7.44. The van der Waals surface area contributed by atoms with E-state index in [1.807, 2.05) is 30.3 Å². The number of rotatable bonds is 4. The van der Waals surface area contributed by atoms with Crippen LogP contribution in [0.2, 0.25) is 0 Å². The fourth-order valence-electron chi connectivity index (χ4n) is 2.41. The van der Waals surface area contributed by atoms with Crippen molar-refractivity contribution < 1.29 is 22.7 Å². The van der Waals surface area contributed by atoms with E-state index >= 15 is 0 Å². The van der Waals surface area contributed by atoms with Crippen LogP contribution < -0.4 is 4.74 Å². The van der Waals surface area contributed by atoms with E-state index in [0.717, 1.165) is 11.6 Å². The van der Waals surface area contributed by atoms with Crippen molar-refractivity contribution in [1.82, 2.24) is 9.88 Å². The average molecular weight is 336 g/mol. The van der Waals surface area contributed by atoms with Crippen molar-refractivity contribution in [1.29, 1.82) is 0 Å². The molecule has 4 nitrogen and oxygen atoms in total. The number of carbonyl (C=O) groups excluding carboxylic acids is 1. The number of nitrogens with zero attached hydrogens (tertiary/aromatic N) is 2. The van der Waals surface area contributed by atoms with Crippen molar-refractivity contribution in [2.45, 2.75) is 18.7 Å². The van der Waals surface area contributed by atoms with Crippen LogP contribution in [0.25, 0.3) is 0 Å². The van der Waals surface area contributed by atoms with Gasteiger partial charge in [0.15, 0.2) is 0 Å². The summed E-state index contributed by atoms with van der Waals surface area (Å²) in [6.07, 6.45) is -4.54. The van der Waals surface area contributed by atoms with E-state index in [1.54, 1.807) is 4.90 Å². The molecule has 1 aromatic carbocycles. The minimum Gasteiger partial charge on any atom is -0.471 e. The Hall–Kier alpha value is -2.57. The van der Waals surface area contributed by atoms with Gasteiger partial charge in [0.05, 0.1) is 19.5 Å². The monoisotopic (exact) mass is 336 g/mol. The Morgan fingerprint density at radius 3 is 2.50 bits per heavy atom. The molecule has 1 amide bonds. The Labute approximate surface area is 136 Å². The molecule has 0 atom stereocenters. The lowest BCUT2D eigenvalue weighted by Crippen LogP contribution is -2.56. The number of ether oxygens (including phenoxy) is 1. The Morgan fingerprint density at radius 1 is 1.12 bits per heavy atom. The summed E-state index contributed by atoms with van der Waals surface area (Å²) in [5.41, 5.74) is -0.0669. The van der Waals surface area contributed by atoms with Gasteiger partial charge in [-0.05, 0) is 11.6 Å². The summed E-state index contributed by atoms with van der Waals surface area (Å²) < 4.78 is 43.2. The average Bonchev–Trinajstić information content (AvgIpc) is 2.51. The molecule has 3 rings (SSSR count). The number of benzene rings is 1. The molecule has 2 heterocycles. The predicted molar refractivity (Wildman–Crippen MR) is 80.4 cm³/mol. The SMILES string of the molecule is O=C(Cc1ccccc1)N1CC(Oc2cccc(C(F)(F)F)n2)C1. The highest BCUT2D eigenvalue weighted by Crippen LogP contribution is 2.29. The summed E-state index contributed by atoms with van der Waals surface area (Å²) >= 11 is 0. The lowest BCUT2D eigenvalue weighted by Gasteiger charge is -2.38. The van der Waals surface area contributed by atoms with Gasteiger partial charge in [0, 0.05) is 6.07 Å². The van der Waals surface area contributed by atoms with Crippen LogP contribution >= 0.6 is 0 Å². The van der Waals surface area contributed by atoms with E-state index in [1.165, 1.54) is 12.1 Å². The number of hydrogen-bond acceptors (Lipinski definition) is 3. The normalized spacial score (nSPS) is 15.0. The Kier molecular flexibility index (Phi) is 4.42. The Balaban J connectivity index is 1.51. The van der Waals surface area contributed by atoms with Gasteiger partial charge in [0.1, 0.15) is 11.8 Å². The first-order valence-corrected chi connectivity index (χ1v) is 7.44. The van der Waals surface area contributed by atoms with Crippen LogP contribution in [0.4, 0.5) is 13.2 Å². The standard InChI is InChI=1S/C17H15F3N2O2/c18-17(19,20)14-7-4-8-15(21-14)24-13-10-22(11-13)16(23)9-12-5-2-1-3-6-12/h1-8,13H,9-11H2. The van der Waals surface area contributed by atoms with Gasteiger partial charge in [0.25, 0.3) is 0 Å². The fourth-order valence-corrected chi connectivity index (χ4v) is 2.41. The van der Waals surface area contributed by atoms with Gasteiger partial charge in [-0.3, -0.25) is 4.79 Å². The molecule has 0 N–H and O–H groups in total. The number of carbonyl (C=O) groups is 1. The number of aromatic nitrogens is 1. The Morgan fingerprint density at radius 2 is 1.83 bits per heavy atom. The van der Waals surface area contributed by atoms with Crippen LogP contribution in [0.3, 0.4) is 0 Å². The van der Waals surface area contributed by atoms with E-state index in [-0.39, 0.29) is 17.9 Å². The van der Waals surface area contributed by atoms with Gasteiger partial charge in [-0.25, -0.2) is 4.98 Å². The van der Waals surface area contributed by atoms with Crippen molar-refractivity contribution in [2.24, 2.45) is 0 Å². The number of amides is 1. The van der Waals surface area contributed by atoms with Crippen LogP contribution in [0.15, 0.2) is 48.5 Å². The van der Waals surface area contributed by atoms with Crippen molar-refractivity contribution >= 4 is 5.91 Å². The number of alkyl halides is 3. The molecule has 1 saturated heterocycles. The summed E-state index contributed by atoms with van der Waals surface area (Å²) in [7, 11) is 0. The van der Waals surface area contributed by atoms with Crippen molar-refractivity contribution in [3.63, 3.8) is 0 Å². The first kappa shape index (κ1) is 16.3. The van der Waals surface area contributed by atoms with Crippen LogP contribution in [-0.4, -0.2) is 35.0 Å². The molecule has 24 heavy (non-hydrogen) atoms. The molecule has 0 unspecified atom stereocenters. The molecule has 1 aliphatic heterocycles. The first-order chi connectivity index (χ1) is 11.4. The highest BCUT2D eigenvalue weighted by atomic mass is 19.4. The summed E-state index contributed by atoms with van der Waals surface area (Å²) in [5, 5.41) is 0. The van der Waals surface area contributed by atoms with Gasteiger partial charge in [-0.1, -0.05) is 36.4 Å². The smallest absolute Gasteiger partial charge is 0.433 e. The maximum absolute atomic E-state index is 12.6. The zero-order valence-corrected chi connectivity index (χ0v) is 12.7. The minimum atomic E-state index is -4.50. The van der Waals surface area contributed by atoms with E-state index in [2.05, 4.69) is 4.98 Å². The molecular weight excluding hydrogens is 321 g/mol. The molecule has 126 valence electrons. The van der Waals surface area contributed by atoms with Crippen molar-refractivity contribution in [2.75, 3.05) is 13.1 Å². The zero-order chi connectivity index (χ0) is 17.2. The third kappa shape index (κ3) is 3.84. The van der Waals surface area contributed by atoms with Crippen molar-refractivity contribution in [3.8, 4) is 5.88 Å². The Bertz CT molecular complexity index is 713. The van der Waals surface area contributed by atoms with Crippen molar-refractivity contribution in [3.05, 3.63) is 59.8 Å². The number of pyridine rings is 1. The number of likely N-dealkylation sites (tertiary alicyclic amines) is 1. The summed E-state index contributed by atoms with van der Waals surface area (Å²) in [6, 6.07) is 12.9. The van der Waals surface area contributed by atoms with E-state index in [9.17, 15) is 18.0 Å². The maximum Gasteiger partial charge on any atom is 0.433 e. The lowest BCUT2D eigenvalue weighted by atomic mass is 10.1. The van der Waals surface area contributed by atoms with E-state index in [4.69, 9.17) is 4.74 Å². The van der Waals surface area contributed by atoms with Crippen LogP contribution in [0.1, 0.15) is 11.3 Å². The molecule has 1 aromatic heterocycles. The molecule has 1 aliphatic rings. The van der Waals surface area contributed by atoms with Gasteiger partial charge >= 0.3 is 6.18 Å². The van der Waals surface area contributed by atoms with Crippen LogP contribution in [0, 0.1) is 0 Å². The lowest BCUT2D eigenvalue weighted by molar-refractivity contribution is -0.141. The molecule has 0 bridgehead atoms. The molecule has 0 saturated carbocycles. The predicted octanol–water partition coefficient (Wildman–Crippen LogP) is 2.93. The number of halogens is 3. The van der Waals surface area contributed by atoms with Gasteiger partial charge in [-0.15, -0.1) is 0 Å². The van der Waals surface area contributed by atoms with Crippen LogP contribution in [-0.2, 0) is 17.4 Å². The zero-order valence-electron chi connectivity index (χ0n) is 12.7. The summed E-state index contributed by atoms with van der Waals surface area (Å²) in [5.74, 6) is -0.108. The topological polar surface area (TPSA) is 42.4 Å². The largest absolute Gasteiger partial charge is 0.471 e. The van der Waals surface area contributed by atoms with Gasteiger partial charge in [-0.2, -0.15) is 13.2 Å².